The summed E-state index contributed by atoms with van der Waals surface area (Å²) in [6.07, 6.45) is 0.0546. The molecule has 3 N–H and O–H groups in total. The molecule has 0 saturated heterocycles. The molecule has 3 rings (SSSR count). The summed E-state index contributed by atoms with van der Waals surface area (Å²) in [6, 6.07) is 7.74. The number of aliphatic carboxylic acids is 1. The quantitative estimate of drug-likeness (QED) is 0.292. The number of carboxylic acids is 1. The molecule has 0 bridgehead atoms. The first-order valence-electron chi connectivity index (χ1n) is 11.8. The predicted molar refractivity (Wildman–Crippen MR) is 132 cm³/mol. The minimum atomic E-state index is -4.44. The summed E-state index contributed by atoms with van der Waals surface area (Å²) in [4.78, 5) is 15.1. The molecular weight excluding hydrogens is 471 g/mol. The monoisotopic (exact) mass is 503 g/mol. The van der Waals surface area contributed by atoms with E-state index in [9.17, 15) is 18.0 Å². The van der Waals surface area contributed by atoms with Crippen LogP contribution in [0.2, 0.25) is 0 Å². The van der Waals surface area contributed by atoms with Crippen molar-refractivity contribution in [2.75, 3.05) is 11.9 Å². The number of nitrogens with zero attached hydrogens (tertiary/aromatic N) is 3. The fourth-order valence-corrected chi connectivity index (χ4v) is 4.11. The van der Waals surface area contributed by atoms with Gasteiger partial charge in [-0.3, -0.25) is 4.79 Å². The number of pyridine rings is 1. The molecule has 0 fully saturated rings. The largest absolute Gasteiger partial charge is 0.481 e. The normalized spacial score (nSPS) is 12.7. The maximum Gasteiger partial charge on any atom is 0.419 e. The molecule has 0 aliphatic carbocycles. The van der Waals surface area contributed by atoms with Gasteiger partial charge in [0, 0.05) is 25.5 Å². The highest BCUT2D eigenvalue weighted by Crippen LogP contribution is 2.32. The van der Waals surface area contributed by atoms with E-state index < -0.39 is 17.7 Å². The molecular formula is C26H32F3N5O2. The molecule has 0 spiro atoms. The minimum absolute atomic E-state index is 0.0492. The first-order valence-corrected chi connectivity index (χ1v) is 11.8. The van der Waals surface area contributed by atoms with Crippen LogP contribution in [0.25, 0.3) is 5.69 Å². The summed E-state index contributed by atoms with van der Waals surface area (Å²) in [5.41, 5.74) is 3.47. The average Bonchev–Trinajstić information content (AvgIpc) is 3.27. The molecule has 0 aliphatic heterocycles. The number of carbonyl (C=O) groups is 1. The summed E-state index contributed by atoms with van der Waals surface area (Å²) in [6.45, 7) is 8.92. The number of halogens is 3. The average molecular weight is 504 g/mol. The number of aromatic nitrogens is 3. The summed E-state index contributed by atoms with van der Waals surface area (Å²) in [5, 5.41) is 19.2. The third-order valence-corrected chi connectivity index (χ3v) is 5.75. The standard InChI is InChI=1S/C26H32F3N5O2/c1-16(2)9-22(33-23-6-5-19(13-31-23)12-30-8-7-24(35)36)20-10-17(3)25(18(4)11-20)34-15-21(14-32-34)26(27,28)29/h5-6,10-11,13-16,22,30H,7-9,12H2,1-4H3,(H,31,33)(H,35,36)/t22-/m0/s1. The second kappa shape index (κ2) is 11.6. The van der Waals surface area contributed by atoms with Gasteiger partial charge >= 0.3 is 12.1 Å². The van der Waals surface area contributed by atoms with Crippen molar-refractivity contribution in [2.24, 2.45) is 5.92 Å². The van der Waals surface area contributed by atoms with E-state index in [4.69, 9.17) is 5.11 Å². The Morgan fingerprint density at radius 2 is 1.83 bits per heavy atom. The molecule has 0 saturated carbocycles. The van der Waals surface area contributed by atoms with Gasteiger partial charge in [0.05, 0.1) is 29.9 Å². The van der Waals surface area contributed by atoms with Crippen molar-refractivity contribution in [3.8, 4) is 5.69 Å². The third kappa shape index (κ3) is 7.30. The highest BCUT2D eigenvalue weighted by atomic mass is 19.4. The Hall–Kier alpha value is -3.40. The Balaban J connectivity index is 1.78. The molecule has 0 unspecified atom stereocenters. The second-order valence-electron chi connectivity index (χ2n) is 9.37. The lowest BCUT2D eigenvalue weighted by Gasteiger charge is -2.24. The molecule has 0 amide bonds. The highest BCUT2D eigenvalue weighted by Gasteiger charge is 2.32. The van der Waals surface area contributed by atoms with E-state index in [2.05, 4.69) is 34.6 Å². The summed E-state index contributed by atoms with van der Waals surface area (Å²) >= 11 is 0. The Morgan fingerprint density at radius 1 is 1.14 bits per heavy atom. The van der Waals surface area contributed by atoms with Crippen molar-refractivity contribution >= 4 is 11.8 Å². The molecule has 10 heteroatoms. The number of hydrogen-bond donors (Lipinski definition) is 3. The van der Waals surface area contributed by atoms with Gasteiger partial charge in [0.2, 0.25) is 0 Å². The van der Waals surface area contributed by atoms with Crippen molar-refractivity contribution < 1.29 is 23.1 Å². The highest BCUT2D eigenvalue weighted by molar-refractivity contribution is 5.66. The van der Waals surface area contributed by atoms with Crippen molar-refractivity contribution in [1.82, 2.24) is 20.1 Å². The fourth-order valence-electron chi connectivity index (χ4n) is 4.11. The smallest absolute Gasteiger partial charge is 0.419 e. The van der Waals surface area contributed by atoms with Crippen LogP contribution in [0.5, 0.6) is 0 Å². The lowest BCUT2D eigenvalue weighted by molar-refractivity contribution is -0.138. The maximum absolute atomic E-state index is 13.1. The van der Waals surface area contributed by atoms with Gasteiger partial charge in [-0.2, -0.15) is 18.3 Å². The van der Waals surface area contributed by atoms with Gasteiger partial charge in [0.1, 0.15) is 5.82 Å². The Labute approximate surface area is 208 Å². The first-order chi connectivity index (χ1) is 16.9. The zero-order valence-corrected chi connectivity index (χ0v) is 20.9. The van der Waals surface area contributed by atoms with E-state index in [-0.39, 0.29) is 12.5 Å². The topological polar surface area (TPSA) is 92.1 Å². The Morgan fingerprint density at radius 3 is 2.36 bits per heavy atom. The van der Waals surface area contributed by atoms with Gasteiger partial charge in [-0.15, -0.1) is 0 Å². The van der Waals surface area contributed by atoms with Crippen LogP contribution in [0.15, 0.2) is 42.9 Å². The van der Waals surface area contributed by atoms with E-state index in [1.807, 2.05) is 38.1 Å². The predicted octanol–water partition coefficient (Wildman–Crippen LogP) is 5.67. The van der Waals surface area contributed by atoms with Gasteiger partial charge in [-0.25, -0.2) is 9.67 Å². The third-order valence-electron chi connectivity index (χ3n) is 5.75. The number of benzene rings is 1. The van der Waals surface area contributed by atoms with E-state index in [1.165, 1.54) is 4.68 Å². The second-order valence-corrected chi connectivity index (χ2v) is 9.37. The van der Waals surface area contributed by atoms with Gasteiger partial charge in [0.15, 0.2) is 0 Å². The zero-order chi connectivity index (χ0) is 26.5. The van der Waals surface area contributed by atoms with Crippen molar-refractivity contribution in [2.45, 2.75) is 59.3 Å². The summed E-state index contributed by atoms with van der Waals surface area (Å²) in [5.74, 6) is 0.253. The first kappa shape index (κ1) is 27.2. The number of aryl methyl sites for hydroxylation is 2. The van der Waals surface area contributed by atoms with Gasteiger partial charge in [-0.1, -0.05) is 32.0 Å². The molecule has 194 valence electrons. The van der Waals surface area contributed by atoms with E-state index in [1.54, 1.807) is 6.20 Å². The molecule has 36 heavy (non-hydrogen) atoms. The number of nitrogens with one attached hydrogen (secondary N) is 2. The summed E-state index contributed by atoms with van der Waals surface area (Å²) < 4.78 is 40.5. The van der Waals surface area contributed by atoms with Crippen LogP contribution in [0.1, 0.15) is 60.5 Å². The van der Waals surface area contributed by atoms with Crippen LogP contribution < -0.4 is 10.6 Å². The Kier molecular flexibility index (Phi) is 8.73. The molecule has 2 heterocycles. The van der Waals surface area contributed by atoms with Crippen molar-refractivity contribution in [1.29, 1.82) is 0 Å². The van der Waals surface area contributed by atoms with Crippen LogP contribution in [0.4, 0.5) is 19.0 Å². The maximum atomic E-state index is 13.1. The van der Waals surface area contributed by atoms with Gasteiger partial charge in [0.25, 0.3) is 0 Å². The molecule has 1 atom stereocenters. The molecule has 1 aromatic carbocycles. The van der Waals surface area contributed by atoms with Crippen molar-refractivity contribution in [3.63, 3.8) is 0 Å². The Bertz CT molecular complexity index is 1150. The lowest BCUT2D eigenvalue weighted by atomic mass is 9.93. The van der Waals surface area contributed by atoms with Gasteiger partial charge < -0.3 is 15.7 Å². The van der Waals surface area contributed by atoms with Crippen LogP contribution >= 0.6 is 0 Å². The SMILES string of the molecule is Cc1cc([C@H](CC(C)C)Nc2ccc(CNCCC(=O)O)cn2)cc(C)c1-n1cc(C(F)(F)F)cn1. The van der Waals surface area contributed by atoms with E-state index >= 15 is 0 Å². The minimum Gasteiger partial charge on any atom is -0.481 e. The van der Waals surface area contributed by atoms with Crippen LogP contribution in [-0.2, 0) is 17.5 Å². The fraction of sp³-hybridized carbons (Fsp3) is 0.423. The molecule has 3 aromatic rings. The molecule has 0 radical (unpaired) electrons. The van der Waals surface area contributed by atoms with Crippen LogP contribution in [0, 0.1) is 19.8 Å². The molecule has 0 aliphatic rings. The number of carboxylic acid groups (broad SMARTS) is 1. The number of hydrogen-bond acceptors (Lipinski definition) is 5. The number of alkyl halides is 3. The number of anilines is 1. The number of rotatable bonds is 11. The van der Waals surface area contributed by atoms with Gasteiger partial charge in [-0.05, 0) is 54.5 Å². The molecule has 7 nitrogen and oxygen atoms in total. The van der Waals surface area contributed by atoms with E-state index in [0.717, 1.165) is 41.1 Å². The van der Waals surface area contributed by atoms with Crippen LogP contribution in [0.3, 0.4) is 0 Å². The van der Waals surface area contributed by atoms with E-state index in [0.29, 0.717) is 30.5 Å². The zero-order valence-electron chi connectivity index (χ0n) is 20.9. The van der Waals surface area contributed by atoms with Crippen molar-refractivity contribution in [3.05, 3.63) is 70.7 Å². The molecule has 2 aromatic heterocycles. The van der Waals surface area contributed by atoms with Crippen LogP contribution in [-0.4, -0.2) is 32.4 Å². The lowest BCUT2D eigenvalue weighted by Crippen LogP contribution is -2.18. The summed E-state index contributed by atoms with van der Waals surface area (Å²) in [7, 11) is 0.